The third-order valence-electron chi connectivity index (χ3n) is 3.80. The predicted molar refractivity (Wildman–Crippen MR) is 79.0 cm³/mol. The zero-order chi connectivity index (χ0) is 15.6. The van der Waals surface area contributed by atoms with Gasteiger partial charge in [-0.25, -0.2) is 4.79 Å². The van der Waals surface area contributed by atoms with E-state index in [9.17, 15) is 9.59 Å². The second kappa shape index (κ2) is 6.13. The molecule has 1 heterocycles. The summed E-state index contributed by atoms with van der Waals surface area (Å²) in [6, 6.07) is 5.73. The third-order valence-corrected chi connectivity index (χ3v) is 3.80. The van der Waals surface area contributed by atoms with E-state index in [4.69, 9.17) is 4.74 Å². The van der Waals surface area contributed by atoms with Crippen molar-refractivity contribution in [1.82, 2.24) is 15.1 Å². The number of rotatable bonds is 5. The fourth-order valence-corrected chi connectivity index (χ4v) is 2.35. The number of carbonyl (C=O) groups is 2. The number of carbonyl (C=O) groups excluding carboxylic acids is 2. The summed E-state index contributed by atoms with van der Waals surface area (Å²) in [5, 5.41) is 3.17. The molecular weight excluding hydrogens is 270 g/mol. The van der Waals surface area contributed by atoms with E-state index in [1.165, 1.54) is 9.80 Å². The van der Waals surface area contributed by atoms with Gasteiger partial charge in [-0.1, -0.05) is 6.07 Å². The summed E-state index contributed by atoms with van der Waals surface area (Å²) in [5.41, 5.74) is 1.91. The van der Waals surface area contributed by atoms with Crippen molar-refractivity contribution in [3.05, 3.63) is 29.3 Å². The van der Waals surface area contributed by atoms with Gasteiger partial charge in [0, 0.05) is 18.7 Å². The van der Waals surface area contributed by atoms with E-state index in [2.05, 4.69) is 5.32 Å². The Balaban J connectivity index is 2.29. The van der Waals surface area contributed by atoms with Crippen molar-refractivity contribution >= 4 is 11.9 Å². The number of nitrogens with zero attached hydrogens (tertiary/aromatic N) is 2. The van der Waals surface area contributed by atoms with Crippen molar-refractivity contribution in [2.45, 2.75) is 19.5 Å². The average Bonchev–Trinajstić information content (AvgIpc) is 2.72. The zero-order valence-corrected chi connectivity index (χ0v) is 12.8. The molecule has 3 amide bonds. The van der Waals surface area contributed by atoms with Crippen LogP contribution in [0.5, 0.6) is 5.75 Å². The van der Waals surface area contributed by atoms with Crippen molar-refractivity contribution in [2.24, 2.45) is 0 Å². The van der Waals surface area contributed by atoms with Gasteiger partial charge in [-0.15, -0.1) is 0 Å². The number of benzene rings is 1. The van der Waals surface area contributed by atoms with Crippen LogP contribution in [-0.2, 0) is 11.3 Å². The zero-order valence-electron chi connectivity index (χ0n) is 12.8. The number of amides is 3. The topological polar surface area (TPSA) is 61.9 Å². The maximum Gasteiger partial charge on any atom is 0.327 e. The molecule has 1 aliphatic heterocycles. The lowest BCUT2D eigenvalue weighted by Gasteiger charge is -2.18. The second-order valence-corrected chi connectivity index (χ2v) is 5.20. The lowest BCUT2D eigenvalue weighted by Crippen LogP contribution is -2.31. The van der Waals surface area contributed by atoms with Crippen LogP contribution in [0.2, 0.25) is 0 Å². The van der Waals surface area contributed by atoms with Gasteiger partial charge in [0.2, 0.25) is 0 Å². The molecule has 0 saturated carbocycles. The first-order valence-electron chi connectivity index (χ1n) is 6.87. The number of likely N-dealkylation sites (N-methyl/N-ethyl adjacent to an activating group) is 1. The van der Waals surface area contributed by atoms with E-state index in [1.807, 2.05) is 32.2 Å². The lowest BCUT2D eigenvalue weighted by molar-refractivity contribution is -0.125. The molecule has 0 radical (unpaired) electrons. The molecule has 21 heavy (non-hydrogen) atoms. The van der Waals surface area contributed by atoms with Gasteiger partial charge in [-0.2, -0.15) is 0 Å². The summed E-state index contributed by atoms with van der Waals surface area (Å²) in [7, 11) is 5.09. The summed E-state index contributed by atoms with van der Waals surface area (Å²) in [6.07, 6.45) is 0. The molecule has 1 unspecified atom stereocenters. The Morgan fingerprint density at radius 1 is 1.38 bits per heavy atom. The maximum absolute atomic E-state index is 12.0. The minimum Gasteiger partial charge on any atom is -0.496 e. The van der Waals surface area contributed by atoms with Gasteiger partial charge in [0.25, 0.3) is 5.91 Å². The van der Waals surface area contributed by atoms with E-state index in [1.54, 1.807) is 14.2 Å². The van der Waals surface area contributed by atoms with Crippen LogP contribution in [0.15, 0.2) is 18.2 Å². The van der Waals surface area contributed by atoms with Crippen molar-refractivity contribution in [2.75, 3.05) is 27.7 Å². The fraction of sp³-hybridized carbons (Fsp3) is 0.467. The predicted octanol–water partition coefficient (Wildman–Crippen LogP) is 1.37. The third kappa shape index (κ3) is 3.00. The van der Waals surface area contributed by atoms with Crippen molar-refractivity contribution in [3.63, 3.8) is 0 Å². The molecule has 6 nitrogen and oxygen atoms in total. The Morgan fingerprint density at radius 2 is 2.10 bits per heavy atom. The number of ether oxygens (including phenoxy) is 1. The molecule has 2 rings (SSSR count). The van der Waals surface area contributed by atoms with Gasteiger partial charge in [-0.3, -0.25) is 9.69 Å². The molecule has 114 valence electrons. The number of nitrogens with one attached hydrogen (secondary N) is 1. The van der Waals surface area contributed by atoms with Crippen LogP contribution in [0.25, 0.3) is 0 Å². The van der Waals surface area contributed by atoms with Gasteiger partial charge < -0.3 is 15.0 Å². The van der Waals surface area contributed by atoms with Crippen LogP contribution in [0, 0.1) is 0 Å². The smallest absolute Gasteiger partial charge is 0.327 e. The molecule has 1 aliphatic rings. The van der Waals surface area contributed by atoms with E-state index >= 15 is 0 Å². The summed E-state index contributed by atoms with van der Waals surface area (Å²) in [5.74, 6) is 0.494. The van der Waals surface area contributed by atoms with E-state index in [-0.39, 0.29) is 31.1 Å². The molecule has 1 saturated heterocycles. The number of methoxy groups -OCH3 is 1. The molecule has 0 bridgehead atoms. The van der Waals surface area contributed by atoms with Crippen LogP contribution < -0.4 is 10.1 Å². The van der Waals surface area contributed by atoms with Gasteiger partial charge >= 0.3 is 6.03 Å². The first-order chi connectivity index (χ1) is 9.97. The monoisotopic (exact) mass is 291 g/mol. The van der Waals surface area contributed by atoms with E-state index in [0.717, 1.165) is 11.1 Å². The fourth-order valence-electron chi connectivity index (χ4n) is 2.35. The molecule has 1 atom stereocenters. The highest BCUT2D eigenvalue weighted by molar-refractivity contribution is 6.01. The molecule has 1 aromatic rings. The lowest BCUT2D eigenvalue weighted by atomic mass is 10.0. The number of hydrogen-bond acceptors (Lipinski definition) is 4. The molecule has 0 spiro atoms. The normalized spacial score (nSPS) is 16.6. The molecule has 0 aromatic heterocycles. The summed E-state index contributed by atoms with van der Waals surface area (Å²) < 4.78 is 5.34. The van der Waals surface area contributed by atoms with E-state index < -0.39 is 0 Å². The molecular formula is C15H21N3O3. The average molecular weight is 291 g/mol. The van der Waals surface area contributed by atoms with Crippen molar-refractivity contribution < 1.29 is 14.3 Å². The van der Waals surface area contributed by atoms with Crippen LogP contribution in [0.4, 0.5) is 4.79 Å². The Hall–Kier alpha value is -2.08. The minimum atomic E-state index is -0.269. The van der Waals surface area contributed by atoms with Crippen LogP contribution in [-0.4, -0.2) is 49.5 Å². The molecule has 1 N–H and O–H groups in total. The Bertz CT molecular complexity index is 559. The first kappa shape index (κ1) is 15.3. The van der Waals surface area contributed by atoms with E-state index in [0.29, 0.717) is 5.75 Å². The SMILES string of the molecule is CNC(C)c1ccc(OC)c(CN2C(=O)CN(C)C2=O)c1. The van der Waals surface area contributed by atoms with Gasteiger partial charge in [0.1, 0.15) is 12.3 Å². The number of imide groups is 1. The Labute approximate surface area is 124 Å². The van der Waals surface area contributed by atoms with Crippen molar-refractivity contribution in [3.8, 4) is 5.75 Å². The van der Waals surface area contributed by atoms with Crippen LogP contribution in [0.3, 0.4) is 0 Å². The Kier molecular flexibility index (Phi) is 4.47. The van der Waals surface area contributed by atoms with Crippen LogP contribution in [0.1, 0.15) is 24.1 Å². The molecule has 1 fully saturated rings. The van der Waals surface area contributed by atoms with Crippen LogP contribution >= 0.6 is 0 Å². The molecule has 0 aliphatic carbocycles. The number of hydrogen-bond donors (Lipinski definition) is 1. The van der Waals surface area contributed by atoms with Crippen molar-refractivity contribution in [1.29, 1.82) is 0 Å². The minimum absolute atomic E-state index is 0.133. The molecule has 6 heteroatoms. The first-order valence-corrected chi connectivity index (χ1v) is 6.87. The highest BCUT2D eigenvalue weighted by Gasteiger charge is 2.33. The highest BCUT2D eigenvalue weighted by Crippen LogP contribution is 2.26. The van der Waals surface area contributed by atoms with Gasteiger partial charge in [-0.05, 0) is 31.7 Å². The largest absolute Gasteiger partial charge is 0.496 e. The highest BCUT2D eigenvalue weighted by atomic mass is 16.5. The maximum atomic E-state index is 12.0. The van der Waals surface area contributed by atoms with Gasteiger partial charge in [0.15, 0.2) is 0 Å². The summed E-state index contributed by atoms with van der Waals surface area (Å²) >= 11 is 0. The quantitative estimate of drug-likeness (QED) is 0.832. The summed E-state index contributed by atoms with van der Waals surface area (Å²) in [4.78, 5) is 26.5. The Morgan fingerprint density at radius 3 is 2.62 bits per heavy atom. The second-order valence-electron chi connectivity index (χ2n) is 5.20. The summed E-state index contributed by atoms with van der Waals surface area (Å²) in [6.45, 7) is 2.41. The van der Waals surface area contributed by atoms with Gasteiger partial charge in [0.05, 0.1) is 13.7 Å². The molecule has 1 aromatic carbocycles. The number of urea groups is 1. The standard InChI is InChI=1S/C15H21N3O3/c1-10(16-2)11-5-6-13(21-4)12(7-11)8-18-14(19)9-17(3)15(18)20/h5-7,10,16H,8-9H2,1-4H3.